The molecule has 0 amide bonds. The van der Waals surface area contributed by atoms with Crippen LogP contribution >= 0.6 is 7.92 Å². The minimum atomic E-state index is -0.810. The van der Waals surface area contributed by atoms with Gasteiger partial charge in [-0.25, -0.2) is 0 Å². The van der Waals surface area contributed by atoms with Gasteiger partial charge in [0.2, 0.25) is 0 Å². The van der Waals surface area contributed by atoms with Gasteiger partial charge in [-0.15, -0.1) is 0 Å². The minimum Gasteiger partial charge on any atom is -0.309 e. The van der Waals surface area contributed by atoms with Crippen molar-refractivity contribution in [2.75, 3.05) is 0 Å². The zero-order valence-electron chi connectivity index (χ0n) is 29.9. The highest BCUT2D eigenvalue weighted by Crippen LogP contribution is 2.49. The maximum absolute atomic E-state index is 2.51. The lowest BCUT2D eigenvalue weighted by Crippen LogP contribution is -2.23. The van der Waals surface area contributed by atoms with Gasteiger partial charge in [-0.1, -0.05) is 172 Å². The molecule has 0 spiro atoms. The molecule has 8 aromatic carbocycles. The molecule has 0 bridgehead atoms. The second kappa shape index (κ2) is 12.6. The largest absolute Gasteiger partial charge is 0.309 e. The Hall–Kier alpha value is -6.01. The van der Waals surface area contributed by atoms with E-state index < -0.39 is 7.92 Å². The van der Waals surface area contributed by atoms with Crippen LogP contribution in [0.5, 0.6) is 0 Å². The first-order valence-corrected chi connectivity index (χ1v) is 19.8. The third-order valence-corrected chi connectivity index (χ3v) is 13.6. The molecule has 1 aromatic heterocycles. The summed E-state index contributed by atoms with van der Waals surface area (Å²) in [5.74, 6) is 0. The molecule has 0 saturated heterocycles. The second-order valence-corrected chi connectivity index (χ2v) is 16.8. The van der Waals surface area contributed by atoms with Crippen LogP contribution in [0.25, 0.3) is 60.9 Å². The molecule has 2 heteroatoms. The Morgan fingerprint density at radius 1 is 0.377 bits per heavy atom. The normalized spacial score (nSPS) is 13.5. The van der Waals surface area contributed by atoms with E-state index >= 15 is 0 Å². The predicted molar refractivity (Wildman–Crippen MR) is 228 cm³/mol. The number of hydrogen-bond donors (Lipinski definition) is 0. The van der Waals surface area contributed by atoms with E-state index in [9.17, 15) is 0 Å². The van der Waals surface area contributed by atoms with Gasteiger partial charge < -0.3 is 4.57 Å². The third-order valence-electron chi connectivity index (χ3n) is 11.2. The summed E-state index contributed by atoms with van der Waals surface area (Å²) >= 11 is 0. The van der Waals surface area contributed by atoms with Crippen LogP contribution in [0.2, 0.25) is 0 Å². The molecule has 9 aromatic rings. The first-order valence-electron chi connectivity index (χ1n) is 18.4. The van der Waals surface area contributed by atoms with E-state index in [-0.39, 0.29) is 5.41 Å². The van der Waals surface area contributed by atoms with E-state index in [1.165, 1.54) is 87.9 Å². The number of fused-ring (bicyclic) bond motifs is 6. The molecule has 1 nitrogen and oxygen atoms in total. The van der Waals surface area contributed by atoms with Crippen molar-refractivity contribution >= 4 is 45.6 Å². The Balaban J connectivity index is 1.07. The summed E-state index contributed by atoms with van der Waals surface area (Å²) < 4.78 is 2.38. The van der Waals surface area contributed by atoms with E-state index in [0.717, 1.165) is 0 Å². The van der Waals surface area contributed by atoms with Crippen molar-refractivity contribution in [1.29, 1.82) is 0 Å². The first kappa shape index (κ1) is 31.7. The zero-order chi connectivity index (χ0) is 35.5. The maximum atomic E-state index is 2.51. The standard InChI is InChI=1S/C51H38NP/c1-51(2)47-19-11-9-17-43(47)44-31-30-42(34-48(44)51)53(40-26-21-36(22-27-40)35-13-5-3-6-14-35)41-28-23-37(24-29-41)38-25-32-50-46(33-38)45-18-10-12-20-49(45)52(50)39-15-7-4-8-16-39/h3-34H,1-2H3. The highest BCUT2D eigenvalue weighted by atomic mass is 31.1. The molecule has 10 rings (SSSR count). The van der Waals surface area contributed by atoms with Gasteiger partial charge in [0.15, 0.2) is 0 Å². The molecule has 1 aliphatic rings. The third kappa shape index (κ3) is 5.27. The van der Waals surface area contributed by atoms with Gasteiger partial charge in [0.05, 0.1) is 11.0 Å². The van der Waals surface area contributed by atoms with E-state index in [2.05, 4.69) is 213 Å². The van der Waals surface area contributed by atoms with Gasteiger partial charge in [-0.2, -0.15) is 0 Å². The van der Waals surface area contributed by atoms with Crippen LogP contribution in [0, 0.1) is 0 Å². The lowest BCUT2D eigenvalue weighted by atomic mass is 9.82. The summed E-state index contributed by atoms with van der Waals surface area (Å²) in [5.41, 5.74) is 14.1. The average Bonchev–Trinajstić information content (AvgIpc) is 3.67. The maximum Gasteiger partial charge on any atom is 0.0541 e. The Bertz CT molecular complexity index is 2780. The average molecular weight is 696 g/mol. The molecule has 53 heavy (non-hydrogen) atoms. The van der Waals surface area contributed by atoms with E-state index in [0.29, 0.717) is 0 Å². The fourth-order valence-corrected chi connectivity index (χ4v) is 10.8. The Kier molecular flexibility index (Phi) is 7.53. The number of para-hydroxylation sites is 2. The van der Waals surface area contributed by atoms with Gasteiger partial charge >= 0.3 is 0 Å². The topological polar surface area (TPSA) is 4.93 Å². The molecule has 0 fully saturated rings. The van der Waals surface area contributed by atoms with Gasteiger partial charge in [0.1, 0.15) is 0 Å². The lowest BCUT2D eigenvalue weighted by Gasteiger charge is -2.25. The number of benzene rings is 8. The van der Waals surface area contributed by atoms with Crippen LogP contribution in [0.3, 0.4) is 0 Å². The molecule has 0 radical (unpaired) electrons. The highest BCUT2D eigenvalue weighted by Gasteiger charge is 2.36. The van der Waals surface area contributed by atoms with Crippen LogP contribution < -0.4 is 15.9 Å². The molecule has 1 aliphatic carbocycles. The second-order valence-electron chi connectivity index (χ2n) is 14.6. The lowest BCUT2D eigenvalue weighted by molar-refractivity contribution is 0.661. The van der Waals surface area contributed by atoms with Crippen LogP contribution in [0.4, 0.5) is 0 Å². The van der Waals surface area contributed by atoms with Gasteiger partial charge in [-0.3, -0.25) is 0 Å². The number of nitrogens with zero attached hydrogens (tertiary/aromatic N) is 1. The van der Waals surface area contributed by atoms with Crippen molar-refractivity contribution < 1.29 is 0 Å². The molecular weight excluding hydrogens is 658 g/mol. The van der Waals surface area contributed by atoms with Crippen LogP contribution in [0.15, 0.2) is 194 Å². The highest BCUT2D eigenvalue weighted by molar-refractivity contribution is 7.79. The molecular formula is C51H38NP. The molecule has 252 valence electrons. The summed E-state index contributed by atoms with van der Waals surface area (Å²) in [5, 5.41) is 6.64. The Morgan fingerprint density at radius 2 is 0.906 bits per heavy atom. The molecule has 0 N–H and O–H groups in total. The van der Waals surface area contributed by atoms with Crippen LogP contribution in [0.1, 0.15) is 25.0 Å². The van der Waals surface area contributed by atoms with Crippen molar-refractivity contribution in [3.63, 3.8) is 0 Å². The van der Waals surface area contributed by atoms with E-state index in [1.807, 2.05) is 0 Å². The minimum absolute atomic E-state index is 0.0494. The van der Waals surface area contributed by atoms with Crippen LogP contribution in [-0.2, 0) is 5.41 Å². The first-order chi connectivity index (χ1) is 26.0. The molecule has 1 heterocycles. The molecule has 1 unspecified atom stereocenters. The van der Waals surface area contributed by atoms with Crippen molar-refractivity contribution in [2.24, 2.45) is 0 Å². The van der Waals surface area contributed by atoms with Gasteiger partial charge in [0.25, 0.3) is 0 Å². The van der Waals surface area contributed by atoms with Gasteiger partial charge in [0, 0.05) is 21.9 Å². The van der Waals surface area contributed by atoms with Crippen LogP contribution in [-0.4, -0.2) is 4.57 Å². The van der Waals surface area contributed by atoms with Crippen molar-refractivity contribution in [3.8, 4) is 39.1 Å². The summed E-state index contributed by atoms with van der Waals surface area (Å²) in [6.07, 6.45) is 0. The van der Waals surface area contributed by atoms with Crippen molar-refractivity contribution in [1.82, 2.24) is 4.57 Å². The fourth-order valence-electron chi connectivity index (χ4n) is 8.52. The summed E-state index contributed by atoms with van der Waals surface area (Å²) in [6.45, 7) is 4.75. The number of aromatic nitrogens is 1. The monoisotopic (exact) mass is 695 g/mol. The number of rotatable bonds is 6. The zero-order valence-corrected chi connectivity index (χ0v) is 30.8. The number of hydrogen-bond acceptors (Lipinski definition) is 0. The fraction of sp³-hybridized carbons (Fsp3) is 0.0588. The summed E-state index contributed by atoms with van der Waals surface area (Å²) in [6, 6.07) is 71.9. The molecule has 0 saturated carbocycles. The smallest absolute Gasteiger partial charge is 0.0541 e. The Labute approximate surface area is 312 Å². The van der Waals surface area contributed by atoms with E-state index in [1.54, 1.807) is 0 Å². The van der Waals surface area contributed by atoms with Crippen molar-refractivity contribution in [2.45, 2.75) is 19.3 Å². The Morgan fingerprint density at radius 3 is 1.64 bits per heavy atom. The van der Waals surface area contributed by atoms with E-state index in [4.69, 9.17) is 0 Å². The SMILES string of the molecule is CC1(C)c2ccccc2-c2ccc(P(c3ccc(-c4ccccc4)cc3)c3ccc(-c4ccc5c(c4)c4ccccc4n5-c4ccccc4)cc3)cc21. The van der Waals surface area contributed by atoms with Gasteiger partial charge in [-0.05, 0) is 105 Å². The summed E-state index contributed by atoms with van der Waals surface area (Å²) in [4.78, 5) is 0. The molecule has 0 aliphatic heterocycles. The molecule has 1 atom stereocenters. The predicted octanol–water partition coefficient (Wildman–Crippen LogP) is 12.2. The van der Waals surface area contributed by atoms with Crippen molar-refractivity contribution in [3.05, 3.63) is 205 Å². The summed E-state index contributed by atoms with van der Waals surface area (Å²) in [7, 11) is -0.810. The quantitative estimate of drug-likeness (QED) is 0.153.